The number of hydrogen-bond acceptors (Lipinski definition) is 4. The van der Waals surface area contributed by atoms with E-state index >= 15 is 0 Å². The highest BCUT2D eigenvalue weighted by Crippen LogP contribution is 2.23. The van der Waals surface area contributed by atoms with Crippen LogP contribution >= 0.6 is 0 Å². The first-order valence-corrected chi connectivity index (χ1v) is 8.90. The molecule has 4 aromatic rings. The van der Waals surface area contributed by atoms with E-state index in [0.29, 0.717) is 11.3 Å². The topological polar surface area (TPSA) is 75.1 Å². The smallest absolute Gasteiger partial charge is 0.274 e. The minimum absolute atomic E-state index is 0.0362. The van der Waals surface area contributed by atoms with Crippen molar-refractivity contribution in [2.24, 2.45) is 7.05 Å². The summed E-state index contributed by atoms with van der Waals surface area (Å²) < 4.78 is 35.8. The number of imidazole rings is 1. The molecule has 0 atom stereocenters. The van der Waals surface area contributed by atoms with Gasteiger partial charge in [-0.2, -0.15) is 0 Å². The summed E-state index contributed by atoms with van der Waals surface area (Å²) in [7, 11) is 1.85. The van der Waals surface area contributed by atoms with Gasteiger partial charge in [0.2, 0.25) is 0 Å². The minimum atomic E-state index is -0.764. The normalized spacial score (nSPS) is 11.1. The summed E-state index contributed by atoms with van der Waals surface area (Å²) in [6.07, 6.45) is 1.65. The molecule has 2 aromatic heterocycles. The van der Waals surface area contributed by atoms with E-state index in [0.717, 1.165) is 23.2 Å². The fraction of sp³-hybridized carbons (Fsp3) is 0.143. The molecule has 0 amide bonds. The van der Waals surface area contributed by atoms with E-state index in [2.05, 4.69) is 4.98 Å². The molecule has 0 aliphatic carbocycles. The lowest BCUT2D eigenvalue weighted by Gasteiger charge is -2.08. The number of nitrogen functional groups attached to an aromatic ring is 1. The SMILES string of the molecule is Cn1c(Cn2cccc(N)c2=O)nc2c(COc3ccc(F)cc3F)cccc21. The molecule has 2 aromatic carbocycles. The van der Waals surface area contributed by atoms with Crippen LogP contribution in [0.4, 0.5) is 14.5 Å². The van der Waals surface area contributed by atoms with E-state index in [4.69, 9.17) is 10.5 Å². The van der Waals surface area contributed by atoms with Crippen LogP contribution in [0.25, 0.3) is 11.0 Å². The van der Waals surface area contributed by atoms with E-state index in [9.17, 15) is 13.6 Å². The van der Waals surface area contributed by atoms with E-state index in [1.807, 2.05) is 29.8 Å². The van der Waals surface area contributed by atoms with Crippen molar-refractivity contribution in [1.29, 1.82) is 0 Å². The first-order valence-electron chi connectivity index (χ1n) is 8.90. The Morgan fingerprint density at radius 3 is 2.76 bits per heavy atom. The van der Waals surface area contributed by atoms with Crippen molar-refractivity contribution in [2.75, 3.05) is 5.73 Å². The van der Waals surface area contributed by atoms with E-state index < -0.39 is 11.6 Å². The fourth-order valence-corrected chi connectivity index (χ4v) is 3.16. The number of halogens is 2. The lowest BCUT2D eigenvalue weighted by Crippen LogP contribution is -2.23. The molecule has 0 unspecified atom stereocenters. The second kappa shape index (κ2) is 7.38. The van der Waals surface area contributed by atoms with Crippen LogP contribution in [0.15, 0.2) is 59.5 Å². The van der Waals surface area contributed by atoms with Gasteiger partial charge in [-0.15, -0.1) is 0 Å². The van der Waals surface area contributed by atoms with E-state index in [1.165, 1.54) is 10.6 Å². The van der Waals surface area contributed by atoms with E-state index in [-0.39, 0.29) is 30.1 Å². The number of fused-ring (bicyclic) bond motifs is 1. The summed E-state index contributed by atoms with van der Waals surface area (Å²) in [5.41, 5.74) is 7.86. The van der Waals surface area contributed by atoms with Gasteiger partial charge in [0.05, 0.1) is 23.3 Å². The highest BCUT2D eigenvalue weighted by atomic mass is 19.1. The number of pyridine rings is 1. The molecule has 8 heteroatoms. The number of anilines is 1. The number of hydrogen-bond donors (Lipinski definition) is 1. The van der Waals surface area contributed by atoms with Crippen molar-refractivity contribution in [3.63, 3.8) is 0 Å². The van der Waals surface area contributed by atoms with Crippen molar-refractivity contribution in [3.05, 3.63) is 88.1 Å². The van der Waals surface area contributed by atoms with Crippen molar-refractivity contribution in [2.45, 2.75) is 13.2 Å². The highest BCUT2D eigenvalue weighted by Gasteiger charge is 2.14. The standard InChI is InChI=1S/C21H18F2N4O2/c1-26-17-6-2-4-13(12-29-18-8-7-14(22)10-15(18)23)20(17)25-19(26)11-27-9-3-5-16(24)21(27)28/h2-10H,11-12,24H2,1H3. The molecule has 0 saturated carbocycles. The molecule has 0 fully saturated rings. The van der Waals surface area contributed by atoms with Crippen LogP contribution in [-0.4, -0.2) is 14.1 Å². The summed E-state index contributed by atoms with van der Waals surface area (Å²) in [5, 5.41) is 0. The Balaban J connectivity index is 1.65. The van der Waals surface area contributed by atoms with Gasteiger partial charge < -0.3 is 19.6 Å². The van der Waals surface area contributed by atoms with Gasteiger partial charge in [-0.1, -0.05) is 12.1 Å². The molecule has 0 spiro atoms. The number of para-hydroxylation sites is 1. The third-order valence-electron chi connectivity index (χ3n) is 4.73. The number of aromatic nitrogens is 3. The minimum Gasteiger partial charge on any atom is -0.486 e. The number of aryl methyl sites for hydroxylation is 1. The number of nitrogens with zero attached hydrogens (tertiary/aromatic N) is 3. The van der Waals surface area contributed by atoms with Crippen LogP contribution in [0.3, 0.4) is 0 Å². The maximum Gasteiger partial charge on any atom is 0.274 e. The number of ether oxygens (including phenoxy) is 1. The molecule has 4 rings (SSSR count). The summed E-state index contributed by atoms with van der Waals surface area (Å²) in [5.74, 6) is -0.804. The molecule has 29 heavy (non-hydrogen) atoms. The Morgan fingerprint density at radius 1 is 1.14 bits per heavy atom. The van der Waals surface area contributed by atoms with Gasteiger partial charge in [-0.05, 0) is 30.3 Å². The molecular formula is C21H18F2N4O2. The molecule has 0 aliphatic rings. The maximum atomic E-state index is 13.8. The van der Waals surface area contributed by atoms with Crippen molar-refractivity contribution >= 4 is 16.7 Å². The van der Waals surface area contributed by atoms with Crippen LogP contribution in [0.2, 0.25) is 0 Å². The molecule has 2 heterocycles. The van der Waals surface area contributed by atoms with Crippen LogP contribution in [0.1, 0.15) is 11.4 Å². The molecule has 0 radical (unpaired) electrons. The Kier molecular flexibility index (Phi) is 4.75. The zero-order valence-corrected chi connectivity index (χ0v) is 15.6. The van der Waals surface area contributed by atoms with Gasteiger partial charge in [0.1, 0.15) is 18.2 Å². The Morgan fingerprint density at radius 2 is 1.97 bits per heavy atom. The van der Waals surface area contributed by atoms with Crippen molar-refractivity contribution in [3.8, 4) is 5.75 Å². The van der Waals surface area contributed by atoms with Gasteiger partial charge in [0.15, 0.2) is 11.6 Å². The van der Waals surface area contributed by atoms with Gasteiger partial charge in [-0.3, -0.25) is 4.79 Å². The molecule has 0 aliphatic heterocycles. The average Bonchev–Trinajstić information content (AvgIpc) is 3.01. The van der Waals surface area contributed by atoms with Gasteiger partial charge in [0.25, 0.3) is 5.56 Å². The van der Waals surface area contributed by atoms with Crippen molar-refractivity contribution < 1.29 is 13.5 Å². The summed E-state index contributed by atoms with van der Waals surface area (Å²) in [6, 6.07) is 12.0. The Labute approximate surface area is 164 Å². The molecular weight excluding hydrogens is 378 g/mol. The molecule has 6 nitrogen and oxygen atoms in total. The first kappa shape index (κ1) is 18.7. The molecule has 0 saturated heterocycles. The fourth-order valence-electron chi connectivity index (χ4n) is 3.16. The summed E-state index contributed by atoms with van der Waals surface area (Å²) in [6.45, 7) is 0.316. The van der Waals surface area contributed by atoms with Gasteiger partial charge >= 0.3 is 0 Å². The predicted octanol–water partition coefficient (Wildman–Crippen LogP) is 3.22. The zero-order chi connectivity index (χ0) is 20.5. The lowest BCUT2D eigenvalue weighted by molar-refractivity contribution is 0.290. The van der Waals surface area contributed by atoms with Crippen LogP contribution in [0.5, 0.6) is 5.75 Å². The predicted molar refractivity (Wildman–Crippen MR) is 106 cm³/mol. The lowest BCUT2D eigenvalue weighted by atomic mass is 10.2. The summed E-state index contributed by atoms with van der Waals surface area (Å²) >= 11 is 0. The van der Waals surface area contributed by atoms with Gasteiger partial charge in [-0.25, -0.2) is 13.8 Å². The molecule has 0 bridgehead atoms. The zero-order valence-electron chi connectivity index (χ0n) is 15.6. The third kappa shape index (κ3) is 3.56. The third-order valence-corrected chi connectivity index (χ3v) is 4.73. The average molecular weight is 396 g/mol. The number of nitrogens with two attached hydrogens (primary N) is 1. The number of rotatable bonds is 5. The molecule has 148 valence electrons. The van der Waals surface area contributed by atoms with E-state index in [1.54, 1.807) is 18.3 Å². The Bertz CT molecular complexity index is 1260. The summed E-state index contributed by atoms with van der Waals surface area (Å²) in [4.78, 5) is 16.9. The maximum absolute atomic E-state index is 13.8. The largest absolute Gasteiger partial charge is 0.486 e. The highest BCUT2D eigenvalue weighted by molar-refractivity contribution is 5.79. The first-order chi connectivity index (χ1) is 13.9. The van der Waals surface area contributed by atoms with Crippen LogP contribution in [0, 0.1) is 11.6 Å². The van der Waals surface area contributed by atoms with Crippen LogP contribution < -0.4 is 16.0 Å². The second-order valence-electron chi connectivity index (χ2n) is 6.63. The quantitative estimate of drug-likeness (QED) is 0.562. The van der Waals surface area contributed by atoms with Gasteiger partial charge in [0, 0.05) is 24.9 Å². The van der Waals surface area contributed by atoms with Crippen LogP contribution in [-0.2, 0) is 20.2 Å². The monoisotopic (exact) mass is 396 g/mol. The number of benzene rings is 2. The second-order valence-corrected chi connectivity index (χ2v) is 6.63. The van der Waals surface area contributed by atoms with Crippen molar-refractivity contribution in [1.82, 2.24) is 14.1 Å². The Hall–Kier alpha value is -3.68. The molecule has 2 N–H and O–H groups in total.